The van der Waals surface area contributed by atoms with Crippen molar-refractivity contribution >= 4 is 52.3 Å². The van der Waals surface area contributed by atoms with E-state index in [0.29, 0.717) is 10.8 Å². The summed E-state index contributed by atoms with van der Waals surface area (Å²) in [5.41, 5.74) is 9.03. The molecular formula is C19H15Cl2N7O5. The number of benzene rings is 2. The number of hydrogen-bond acceptors (Lipinski definition) is 9. The van der Waals surface area contributed by atoms with Crippen LogP contribution in [-0.4, -0.2) is 33.8 Å². The minimum atomic E-state index is -0.786. The van der Waals surface area contributed by atoms with Crippen molar-refractivity contribution in [3.05, 3.63) is 80.1 Å². The van der Waals surface area contributed by atoms with Crippen molar-refractivity contribution < 1.29 is 19.2 Å². The second-order valence-electron chi connectivity index (χ2n) is 6.19. The molecule has 1 heterocycles. The van der Waals surface area contributed by atoms with Crippen LogP contribution in [0.2, 0.25) is 10.0 Å². The summed E-state index contributed by atoms with van der Waals surface area (Å²) in [5, 5.41) is 12.0. The zero-order valence-electron chi connectivity index (χ0n) is 16.8. The number of aromatic nitrogens is 2. The van der Waals surface area contributed by atoms with Crippen LogP contribution in [0.4, 0.5) is 17.3 Å². The van der Waals surface area contributed by atoms with E-state index in [2.05, 4.69) is 31.7 Å². The molecule has 0 aliphatic carbocycles. The van der Waals surface area contributed by atoms with E-state index in [0.717, 1.165) is 6.33 Å². The predicted molar refractivity (Wildman–Crippen MR) is 120 cm³/mol. The van der Waals surface area contributed by atoms with Crippen molar-refractivity contribution in [1.29, 1.82) is 0 Å². The highest BCUT2D eigenvalue weighted by Gasteiger charge is 2.24. The number of halogens is 2. The molecule has 0 aliphatic rings. The monoisotopic (exact) mass is 491 g/mol. The first kappa shape index (κ1) is 23.5. The van der Waals surface area contributed by atoms with Crippen LogP contribution in [-0.2, 0) is 0 Å². The maximum Gasteiger partial charge on any atom is 0.356 e. The number of hydrazine groups is 2. The number of ether oxygens (including phenoxy) is 1. The third-order valence-electron chi connectivity index (χ3n) is 4.12. The number of amides is 2. The molecule has 0 aliphatic heterocycles. The standard InChI is InChI=1S/C19H15Cl2N7O5/c1-33-12-5-2-10(3-6-12)18(29)26-24-16-15(28(31)32)17(23-9-22-16)25-27-19(30)13-7-4-11(20)8-14(13)21/h2-9H,1H3,(H,26,29)(H,27,30)(H2,22,23,24,25). The Morgan fingerprint density at radius 3 is 2.12 bits per heavy atom. The normalized spacial score (nSPS) is 10.2. The van der Waals surface area contributed by atoms with Crippen LogP contribution >= 0.6 is 23.2 Å². The molecule has 0 atom stereocenters. The van der Waals surface area contributed by atoms with E-state index in [1.165, 1.54) is 37.4 Å². The van der Waals surface area contributed by atoms with E-state index in [1.807, 2.05) is 0 Å². The highest BCUT2D eigenvalue weighted by Crippen LogP contribution is 2.28. The Bertz CT molecular complexity index is 1210. The lowest BCUT2D eigenvalue weighted by molar-refractivity contribution is -0.383. The molecule has 12 nitrogen and oxygen atoms in total. The Hall–Kier alpha value is -4.16. The van der Waals surface area contributed by atoms with Gasteiger partial charge in [0.15, 0.2) is 0 Å². The number of nitro groups is 1. The van der Waals surface area contributed by atoms with Gasteiger partial charge in [0, 0.05) is 10.6 Å². The third kappa shape index (κ3) is 5.75. The van der Waals surface area contributed by atoms with Gasteiger partial charge < -0.3 is 4.74 Å². The topological polar surface area (TPSA) is 160 Å². The predicted octanol–water partition coefficient (Wildman–Crippen LogP) is 3.21. The first-order chi connectivity index (χ1) is 15.8. The number of carbonyl (C=O) groups excluding carboxylic acids is 2. The van der Waals surface area contributed by atoms with Crippen molar-refractivity contribution in [1.82, 2.24) is 20.8 Å². The summed E-state index contributed by atoms with van der Waals surface area (Å²) < 4.78 is 5.02. The van der Waals surface area contributed by atoms with E-state index in [1.54, 1.807) is 12.1 Å². The van der Waals surface area contributed by atoms with Crippen LogP contribution in [0.1, 0.15) is 20.7 Å². The summed E-state index contributed by atoms with van der Waals surface area (Å²) in [7, 11) is 1.49. The maximum atomic E-state index is 12.3. The zero-order valence-corrected chi connectivity index (χ0v) is 18.3. The van der Waals surface area contributed by atoms with Crippen LogP contribution in [0.3, 0.4) is 0 Å². The first-order valence-corrected chi connectivity index (χ1v) is 9.77. The van der Waals surface area contributed by atoms with E-state index in [9.17, 15) is 19.7 Å². The summed E-state index contributed by atoms with van der Waals surface area (Å²) in [4.78, 5) is 43.0. The zero-order chi connectivity index (χ0) is 24.0. The summed E-state index contributed by atoms with van der Waals surface area (Å²) >= 11 is 11.8. The molecule has 0 saturated heterocycles. The SMILES string of the molecule is COc1ccc(C(=O)NNc2ncnc(NNC(=O)c3ccc(Cl)cc3Cl)c2[N+](=O)[O-])cc1. The summed E-state index contributed by atoms with van der Waals surface area (Å²) in [6, 6.07) is 10.4. The van der Waals surface area contributed by atoms with Gasteiger partial charge in [-0.3, -0.25) is 41.4 Å². The lowest BCUT2D eigenvalue weighted by Gasteiger charge is -2.12. The second-order valence-corrected chi connectivity index (χ2v) is 7.03. The molecule has 3 rings (SSSR count). The number of rotatable bonds is 8. The van der Waals surface area contributed by atoms with Crippen molar-refractivity contribution in [2.45, 2.75) is 0 Å². The Morgan fingerprint density at radius 2 is 1.58 bits per heavy atom. The van der Waals surface area contributed by atoms with E-state index in [-0.39, 0.29) is 27.8 Å². The molecule has 0 bridgehead atoms. The Kier molecular flexibility index (Phi) is 7.43. The van der Waals surface area contributed by atoms with Crippen LogP contribution in [0.15, 0.2) is 48.8 Å². The number of anilines is 2. The molecule has 33 heavy (non-hydrogen) atoms. The van der Waals surface area contributed by atoms with Gasteiger partial charge in [0.2, 0.25) is 11.6 Å². The van der Waals surface area contributed by atoms with Gasteiger partial charge in [0.1, 0.15) is 12.1 Å². The van der Waals surface area contributed by atoms with Gasteiger partial charge >= 0.3 is 5.69 Å². The van der Waals surface area contributed by atoms with Gasteiger partial charge in [-0.2, -0.15) is 0 Å². The number of nitrogens with one attached hydrogen (secondary N) is 4. The van der Waals surface area contributed by atoms with E-state index in [4.69, 9.17) is 27.9 Å². The van der Waals surface area contributed by atoms with E-state index >= 15 is 0 Å². The lowest BCUT2D eigenvalue weighted by atomic mass is 10.2. The van der Waals surface area contributed by atoms with Crippen molar-refractivity contribution in [2.75, 3.05) is 18.0 Å². The molecule has 0 fully saturated rings. The van der Waals surface area contributed by atoms with Gasteiger partial charge in [-0.1, -0.05) is 23.2 Å². The van der Waals surface area contributed by atoms with E-state index < -0.39 is 22.4 Å². The quantitative estimate of drug-likeness (QED) is 0.273. The Balaban J connectivity index is 1.73. The molecule has 0 saturated carbocycles. The molecule has 3 aromatic rings. The van der Waals surface area contributed by atoms with Gasteiger partial charge in [-0.05, 0) is 42.5 Å². The fourth-order valence-electron chi connectivity index (χ4n) is 2.52. The average Bonchev–Trinajstić information content (AvgIpc) is 2.80. The third-order valence-corrected chi connectivity index (χ3v) is 4.67. The molecule has 4 N–H and O–H groups in total. The smallest absolute Gasteiger partial charge is 0.356 e. The largest absolute Gasteiger partial charge is 0.497 e. The summed E-state index contributed by atoms with van der Waals surface area (Å²) in [6.07, 6.45) is 0.999. The van der Waals surface area contributed by atoms with Crippen LogP contribution in [0.5, 0.6) is 5.75 Å². The molecule has 170 valence electrons. The van der Waals surface area contributed by atoms with Gasteiger partial charge in [-0.15, -0.1) is 0 Å². The van der Waals surface area contributed by atoms with Crippen molar-refractivity contribution in [3.63, 3.8) is 0 Å². The lowest BCUT2D eigenvalue weighted by Crippen LogP contribution is -2.32. The molecule has 0 spiro atoms. The minimum Gasteiger partial charge on any atom is -0.497 e. The second kappa shape index (κ2) is 10.4. The molecule has 2 aromatic carbocycles. The summed E-state index contributed by atoms with van der Waals surface area (Å²) in [5.74, 6) is -1.37. The summed E-state index contributed by atoms with van der Waals surface area (Å²) in [6.45, 7) is 0. The molecule has 14 heteroatoms. The number of carbonyl (C=O) groups is 2. The van der Waals surface area contributed by atoms with Crippen LogP contribution in [0, 0.1) is 10.1 Å². The Morgan fingerprint density at radius 1 is 0.970 bits per heavy atom. The number of hydrogen-bond donors (Lipinski definition) is 4. The molecule has 2 amide bonds. The number of methoxy groups -OCH3 is 1. The number of nitrogens with zero attached hydrogens (tertiary/aromatic N) is 3. The van der Waals surface area contributed by atoms with Gasteiger partial charge in [0.05, 0.1) is 22.6 Å². The fourth-order valence-corrected chi connectivity index (χ4v) is 3.02. The highest BCUT2D eigenvalue weighted by atomic mass is 35.5. The fraction of sp³-hybridized carbons (Fsp3) is 0.0526. The minimum absolute atomic E-state index is 0.0791. The van der Waals surface area contributed by atoms with Crippen molar-refractivity contribution in [2.24, 2.45) is 0 Å². The molecule has 0 unspecified atom stereocenters. The van der Waals surface area contributed by atoms with Crippen molar-refractivity contribution in [3.8, 4) is 5.75 Å². The first-order valence-electron chi connectivity index (χ1n) is 9.01. The molecular weight excluding hydrogens is 477 g/mol. The molecule has 1 aromatic heterocycles. The van der Waals surface area contributed by atoms with Gasteiger partial charge in [0.25, 0.3) is 11.8 Å². The average molecular weight is 492 g/mol. The van der Waals surface area contributed by atoms with Gasteiger partial charge in [-0.25, -0.2) is 9.97 Å². The maximum absolute atomic E-state index is 12.3. The van der Waals surface area contributed by atoms with Crippen LogP contribution in [0.25, 0.3) is 0 Å². The Labute approximate surface area is 196 Å². The highest BCUT2D eigenvalue weighted by molar-refractivity contribution is 6.36. The molecule has 0 radical (unpaired) electrons. The van der Waals surface area contributed by atoms with Crippen LogP contribution < -0.4 is 26.4 Å².